The lowest BCUT2D eigenvalue weighted by Crippen LogP contribution is -2.38. The normalized spacial score (nSPS) is 42.2. The molecule has 3 rings (SSSR count). The molecule has 3 heteroatoms. The number of rotatable bonds is 1. The molecule has 86 valence electrons. The van der Waals surface area contributed by atoms with Gasteiger partial charge in [0.2, 0.25) is 0 Å². The maximum absolute atomic E-state index is 9.86. The molecular weight excluding hydrogens is 204 g/mol. The van der Waals surface area contributed by atoms with Gasteiger partial charge in [-0.25, -0.2) is 0 Å². The van der Waals surface area contributed by atoms with E-state index in [9.17, 15) is 5.11 Å². The highest BCUT2D eigenvalue weighted by molar-refractivity contribution is 5.20. The van der Waals surface area contributed by atoms with Crippen LogP contribution in [0.3, 0.4) is 0 Å². The van der Waals surface area contributed by atoms with Crippen molar-refractivity contribution in [1.29, 1.82) is 0 Å². The van der Waals surface area contributed by atoms with Crippen LogP contribution in [0.2, 0.25) is 0 Å². The number of hydrogen-bond donors (Lipinski definition) is 1. The van der Waals surface area contributed by atoms with Crippen LogP contribution >= 0.6 is 0 Å². The predicted molar refractivity (Wildman–Crippen MR) is 58.7 cm³/mol. The lowest BCUT2D eigenvalue weighted by molar-refractivity contribution is -0.138. The van der Waals surface area contributed by atoms with Gasteiger partial charge >= 0.3 is 0 Å². The minimum Gasteiger partial charge on any atom is -0.393 e. The molecule has 1 aromatic carbocycles. The molecule has 5 atom stereocenters. The number of fused-ring (bicyclic) bond motifs is 2. The molecular formula is C13H16O3. The number of ether oxygens (including phenoxy) is 2. The molecule has 0 saturated carbocycles. The van der Waals surface area contributed by atoms with E-state index in [1.807, 2.05) is 37.3 Å². The highest BCUT2D eigenvalue weighted by Gasteiger charge is 2.47. The van der Waals surface area contributed by atoms with Gasteiger partial charge in [0.1, 0.15) is 6.10 Å². The van der Waals surface area contributed by atoms with E-state index in [1.54, 1.807) is 0 Å². The van der Waals surface area contributed by atoms with Crippen molar-refractivity contribution in [3.63, 3.8) is 0 Å². The van der Waals surface area contributed by atoms with Gasteiger partial charge in [0.15, 0.2) is 6.29 Å². The molecule has 0 aromatic heterocycles. The average Bonchev–Trinajstić information content (AvgIpc) is 2.67. The van der Waals surface area contributed by atoms with Gasteiger partial charge in [0.25, 0.3) is 0 Å². The van der Waals surface area contributed by atoms with Gasteiger partial charge in [-0.2, -0.15) is 0 Å². The van der Waals surface area contributed by atoms with Gasteiger partial charge in [-0.15, -0.1) is 0 Å². The van der Waals surface area contributed by atoms with Crippen LogP contribution in [0.15, 0.2) is 30.3 Å². The van der Waals surface area contributed by atoms with Crippen LogP contribution in [0.5, 0.6) is 0 Å². The van der Waals surface area contributed by atoms with Gasteiger partial charge in [-0.05, 0) is 5.56 Å². The van der Waals surface area contributed by atoms with E-state index in [0.29, 0.717) is 6.42 Å². The second-order valence-electron chi connectivity index (χ2n) is 4.66. The van der Waals surface area contributed by atoms with Crippen LogP contribution in [0.4, 0.5) is 0 Å². The molecule has 2 unspecified atom stereocenters. The van der Waals surface area contributed by atoms with Crippen LogP contribution in [0.1, 0.15) is 25.0 Å². The smallest absolute Gasteiger partial charge is 0.161 e. The maximum atomic E-state index is 9.86. The summed E-state index contributed by atoms with van der Waals surface area (Å²) in [7, 11) is 0. The number of aliphatic hydroxyl groups excluding tert-OH is 1. The van der Waals surface area contributed by atoms with Crippen molar-refractivity contribution in [2.45, 2.75) is 37.9 Å². The molecule has 0 amide bonds. The predicted octanol–water partition coefficient (Wildman–Crippen LogP) is 1.87. The summed E-state index contributed by atoms with van der Waals surface area (Å²) in [5.74, 6) is 0.129. The van der Waals surface area contributed by atoms with Crippen LogP contribution < -0.4 is 0 Å². The highest BCUT2D eigenvalue weighted by Crippen LogP contribution is 2.43. The molecule has 2 aliphatic rings. The van der Waals surface area contributed by atoms with E-state index in [2.05, 4.69) is 0 Å². The fourth-order valence-electron chi connectivity index (χ4n) is 2.57. The molecule has 2 aliphatic heterocycles. The Kier molecular flexibility index (Phi) is 2.46. The first kappa shape index (κ1) is 10.3. The van der Waals surface area contributed by atoms with Crippen molar-refractivity contribution in [1.82, 2.24) is 0 Å². The van der Waals surface area contributed by atoms with Crippen molar-refractivity contribution in [3.8, 4) is 0 Å². The Balaban J connectivity index is 1.88. The summed E-state index contributed by atoms with van der Waals surface area (Å²) < 4.78 is 11.6. The molecule has 0 aliphatic carbocycles. The summed E-state index contributed by atoms with van der Waals surface area (Å²) >= 11 is 0. The van der Waals surface area contributed by atoms with E-state index < -0.39 is 0 Å². The van der Waals surface area contributed by atoms with E-state index in [-0.39, 0.29) is 30.5 Å². The lowest BCUT2D eigenvalue weighted by Gasteiger charge is -2.30. The van der Waals surface area contributed by atoms with Gasteiger partial charge in [0.05, 0.1) is 12.2 Å². The van der Waals surface area contributed by atoms with Crippen molar-refractivity contribution in [2.75, 3.05) is 0 Å². The highest BCUT2D eigenvalue weighted by atomic mass is 16.7. The first-order valence-electron chi connectivity index (χ1n) is 5.79. The molecule has 0 radical (unpaired) electrons. The van der Waals surface area contributed by atoms with E-state index in [4.69, 9.17) is 9.47 Å². The molecule has 3 nitrogen and oxygen atoms in total. The van der Waals surface area contributed by atoms with Crippen molar-refractivity contribution < 1.29 is 14.6 Å². The molecule has 2 heterocycles. The summed E-state index contributed by atoms with van der Waals surface area (Å²) in [5.41, 5.74) is 1.14. The molecule has 2 saturated heterocycles. The Hall–Kier alpha value is -0.900. The third-order valence-corrected chi connectivity index (χ3v) is 3.59. The van der Waals surface area contributed by atoms with Crippen LogP contribution in [0, 0.1) is 5.92 Å². The quantitative estimate of drug-likeness (QED) is 0.785. The van der Waals surface area contributed by atoms with Crippen LogP contribution in [-0.4, -0.2) is 23.6 Å². The third kappa shape index (κ3) is 1.56. The Morgan fingerprint density at radius 3 is 2.69 bits per heavy atom. The number of hydrogen-bond acceptors (Lipinski definition) is 3. The maximum Gasteiger partial charge on any atom is 0.161 e. The lowest BCUT2D eigenvalue weighted by atomic mass is 9.89. The Morgan fingerprint density at radius 1 is 1.19 bits per heavy atom. The Bertz CT molecular complexity index is 365. The summed E-state index contributed by atoms with van der Waals surface area (Å²) in [6, 6.07) is 10.1. The zero-order chi connectivity index (χ0) is 11.1. The zero-order valence-electron chi connectivity index (χ0n) is 9.24. The van der Waals surface area contributed by atoms with Crippen molar-refractivity contribution in [3.05, 3.63) is 35.9 Å². The van der Waals surface area contributed by atoms with E-state index in [0.717, 1.165) is 5.56 Å². The summed E-state index contributed by atoms with van der Waals surface area (Å²) in [6.45, 7) is 2.02. The molecule has 16 heavy (non-hydrogen) atoms. The van der Waals surface area contributed by atoms with Gasteiger partial charge in [-0.1, -0.05) is 37.3 Å². The third-order valence-electron chi connectivity index (χ3n) is 3.59. The van der Waals surface area contributed by atoms with E-state index >= 15 is 0 Å². The van der Waals surface area contributed by atoms with Gasteiger partial charge in [0, 0.05) is 12.3 Å². The summed E-state index contributed by atoms with van der Waals surface area (Å²) in [4.78, 5) is 0. The summed E-state index contributed by atoms with van der Waals surface area (Å²) in [5, 5.41) is 9.86. The second-order valence-corrected chi connectivity index (χ2v) is 4.66. The van der Waals surface area contributed by atoms with Crippen molar-refractivity contribution in [2.24, 2.45) is 5.92 Å². The fraction of sp³-hybridized carbons (Fsp3) is 0.538. The molecule has 1 N–H and O–H groups in total. The first-order valence-corrected chi connectivity index (χ1v) is 5.79. The van der Waals surface area contributed by atoms with Gasteiger partial charge < -0.3 is 14.6 Å². The topological polar surface area (TPSA) is 38.7 Å². The minimum absolute atomic E-state index is 0.0175. The Labute approximate surface area is 95.0 Å². The largest absolute Gasteiger partial charge is 0.393 e. The molecule has 2 bridgehead atoms. The monoisotopic (exact) mass is 220 g/mol. The van der Waals surface area contributed by atoms with Gasteiger partial charge in [-0.3, -0.25) is 0 Å². The summed E-state index contributed by atoms with van der Waals surface area (Å²) in [6.07, 6.45) is -0.00515. The number of aliphatic hydroxyl groups is 1. The minimum atomic E-state index is -0.308. The molecule has 2 fully saturated rings. The molecule has 1 aromatic rings. The van der Waals surface area contributed by atoms with Crippen LogP contribution in [-0.2, 0) is 9.47 Å². The SMILES string of the molecule is CC1C2O[C@H](C[C@@H]1O)O[C@@H]2c1ccccc1. The number of benzene rings is 1. The zero-order valence-corrected chi connectivity index (χ0v) is 9.24. The average molecular weight is 220 g/mol. The second kappa shape index (κ2) is 3.84. The van der Waals surface area contributed by atoms with E-state index in [1.165, 1.54) is 0 Å². The Morgan fingerprint density at radius 2 is 1.94 bits per heavy atom. The van der Waals surface area contributed by atoms with Crippen LogP contribution in [0.25, 0.3) is 0 Å². The fourth-order valence-corrected chi connectivity index (χ4v) is 2.57. The first-order chi connectivity index (χ1) is 7.75. The molecule has 0 spiro atoms. The standard InChI is InChI=1S/C13H16O3/c1-8-10(14)7-11-15-12(8)13(16-11)9-5-3-2-4-6-9/h2-6,8,10-14H,7H2,1H3/t8?,10-,11-,12?,13+/m0/s1. The van der Waals surface area contributed by atoms with Crippen molar-refractivity contribution >= 4 is 0 Å².